The van der Waals surface area contributed by atoms with Gasteiger partial charge in [-0.3, -0.25) is 9.69 Å². The summed E-state index contributed by atoms with van der Waals surface area (Å²) in [7, 11) is 1.59. The molecule has 2 aromatic carbocycles. The number of likely N-dealkylation sites (tertiary alicyclic amines) is 1. The molecule has 2 aromatic rings. The molecule has 0 amide bonds. The Bertz CT molecular complexity index is 858. The highest BCUT2D eigenvalue weighted by atomic mass is 35.5. The second-order valence-corrected chi connectivity index (χ2v) is 7.49. The van der Waals surface area contributed by atoms with Crippen molar-refractivity contribution >= 4 is 29.2 Å². The number of nitrogens with zero attached hydrogens (tertiary/aromatic N) is 1. The van der Waals surface area contributed by atoms with E-state index in [1.807, 2.05) is 36.1 Å². The minimum absolute atomic E-state index is 0.335. The van der Waals surface area contributed by atoms with Crippen molar-refractivity contribution in [2.45, 2.75) is 31.8 Å². The van der Waals surface area contributed by atoms with E-state index in [1.54, 1.807) is 19.2 Å². The normalized spacial score (nSPS) is 18.1. The summed E-state index contributed by atoms with van der Waals surface area (Å²) in [5.41, 5.74) is 1.70. The third-order valence-electron chi connectivity index (χ3n) is 4.97. The van der Waals surface area contributed by atoms with Crippen LogP contribution in [0.5, 0.6) is 11.5 Å². The van der Waals surface area contributed by atoms with Gasteiger partial charge in [0.05, 0.1) is 19.8 Å². The first-order chi connectivity index (χ1) is 13.5. The molecule has 2 atom stereocenters. The molecule has 0 spiro atoms. The zero-order valence-electron chi connectivity index (χ0n) is 15.8. The Morgan fingerprint density at radius 2 is 2.04 bits per heavy atom. The van der Waals surface area contributed by atoms with Crippen molar-refractivity contribution in [3.05, 3.63) is 57.6 Å². The Labute approximate surface area is 174 Å². The summed E-state index contributed by atoms with van der Waals surface area (Å²) in [4.78, 5) is 13.8. The lowest BCUT2D eigenvalue weighted by Crippen LogP contribution is -2.39. The van der Waals surface area contributed by atoms with Crippen molar-refractivity contribution in [1.29, 1.82) is 0 Å². The summed E-state index contributed by atoms with van der Waals surface area (Å²) >= 11 is 12.6. The number of benzene rings is 2. The van der Waals surface area contributed by atoms with E-state index in [9.17, 15) is 9.90 Å². The van der Waals surface area contributed by atoms with Crippen LogP contribution < -0.4 is 9.47 Å². The van der Waals surface area contributed by atoms with Crippen molar-refractivity contribution < 1.29 is 19.4 Å². The van der Waals surface area contributed by atoms with Gasteiger partial charge in [0.1, 0.15) is 6.04 Å². The lowest BCUT2D eigenvalue weighted by molar-refractivity contribution is -0.142. The highest BCUT2D eigenvalue weighted by Gasteiger charge is 2.37. The first kappa shape index (κ1) is 20.8. The summed E-state index contributed by atoms with van der Waals surface area (Å²) < 4.78 is 11.1. The lowest BCUT2D eigenvalue weighted by atomic mass is 9.95. The minimum atomic E-state index is -0.828. The van der Waals surface area contributed by atoms with E-state index < -0.39 is 12.0 Å². The third kappa shape index (κ3) is 4.22. The van der Waals surface area contributed by atoms with E-state index >= 15 is 0 Å². The average molecular weight is 424 g/mol. The van der Waals surface area contributed by atoms with Gasteiger partial charge in [-0.15, -0.1) is 0 Å². The molecule has 5 nitrogen and oxygen atoms in total. The topological polar surface area (TPSA) is 59.0 Å². The molecule has 2 unspecified atom stereocenters. The van der Waals surface area contributed by atoms with Gasteiger partial charge in [-0.1, -0.05) is 35.3 Å². The second kappa shape index (κ2) is 9.03. The Morgan fingerprint density at radius 3 is 2.68 bits per heavy atom. The Hall–Kier alpha value is -1.95. The summed E-state index contributed by atoms with van der Waals surface area (Å²) in [6, 6.07) is 10.1. The zero-order valence-corrected chi connectivity index (χ0v) is 17.3. The van der Waals surface area contributed by atoms with E-state index in [4.69, 9.17) is 32.7 Å². The number of ether oxygens (including phenoxy) is 2. The predicted octanol–water partition coefficient (Wildman–Crippen LogP) is 5.04. The highest BCUT2D eigenvalue weighted by molar-refractivity contribution is 6.35. The van der Waals surface area contributed by atoms with Crippen molar-refractivity contribution in [2.24, 2.45) is 0 Å². The van der Waals surface area contributed by atoms with Crippen molar-refractivity contribution in [1.82, 2.24) is 4.90 Å². The Balaban J connectivity index is 2.13. The molecular formula is C21H23Cl2NO4. The monoisotopic (exact) mass is 423 g/mol. The van der Waals surface area contributed by atoms with Gasteiger partial charge in [0, 0.05) is 16.6 Å². The molecule has 1 aliphatic heterocycles. The molecule has 0 radical (unpaired) electrons. The van der Waals surface area contributed by atoms with Crippen LogP contribution in [0, 0.1) is 0 Å². The van der Waals surface area contributed by atoms with Crippen LogP contribution in [-0.4, -0.2) is 42.3 Å². The molecule has 1 saturated heterocycles. The van der Waals surface area contributed by atoms with Crippen molar-refractivity contribution in [2.75, 3.05) is 20.3 Å². The van der Waals surface area contributed by atoms with Crippen LogP contribution >= 0.6 is 23.2 Å². The van der Waals surface area contributed by atoms with E-state index in [-0.39, 0.29) is 6.04 Å². The fraction of sp³-hybridized carbons (Fsp3) is 0.381. The van der Waals surface area contributed by atoms with Crippen LogP contribution in [0.4, 0.5) is 0 Å². The van der Waals surface area contributed by atoms with Crippen molar-refractivity contribution in [3.8, 4) is 11.5 Å². The number of rotatable bonds is 7. The van der Waals surface area contributed by atoms with Crippen LogP contribution in [0.15, 0.2) is 36.4 Å². The van der Waals surface area contributed by atoms with E-state index in [0.29, 0.717) is 41.1 Å². The number of carboxylic acid groups (broad SMARTS) is 1. The maximum atomic E-state index is 11.8. The minimum Gasteiger partial charge on any atom is -0.493 e. The molecule has 0 bridgehead atoms. The summed E-state index contributed by atoms with van der Waals surface area (Å²) in [5.74, 6) is 0.414. The number of hydrogen-bond donors (Lipinski definition) is 1. The molecule has 1 heterocycles. The molecule has 150 valence electrons. The fourth-order valence-electron chi connectivity index (χ4n) is 3.77. The Kier molecular flexibility index (Phi) is 6.70. The largest absolute Gasteiger partial charge is 0.493 e. The van der Waals surface area contributed by atoms with Gasteiger partial charge in [0.15, 0.2) is 11.5 Å². The molecule has 0 saturated carbocycles. The first-order valence-electron chi connectivity index (χ1n) is 9.20. The van der Waals surface area contributed by atoms with Gasteiger partial charge >= 0.3 is 5.97 Å². The molecule has 1 fully saturated rings. The number of halogens is 2. The van der Waals surface area contributed by atoms with Gasteiger partial charge in [-0.25, -0.2) is 0 Å². The Morgan fingerprint density at radius 1 is 1.25 bits per heavy atom. The predicted molar refractivity (Wildman–Crippen MR) is 110 cm³/mol. The molecule has 7 heteroatoms. The summed E-state index contributed by atoms with van der Waals surface area (Å²) in [6.07, 6.45) is 1.42. The van der Waals surface area contributed by atoms with Gasteiger partial charge < -0.3 is 14.6 Å². The fourth-order valence-corrected chi connectivity index (χ4v) is 4.28. The smallest absolute Gasteiger partial charge is 0.320 e. The van der Waals surface area contributed by atoms with Crippen LogP contribution in [-0.2, 0) is 4.79 Å². The molecular weight excluding hydrogens is 401 g/mol. The van der Waals surface area contributed by atoms with E-state index in [1.165, 1.54) is 0 Å². The quantitative estimate of drug-likeness (QED) is 0.675. The first-order valence-corrected chi connectivity index (χ1v) is 9.96. The third-order valence-corrected chi connectivity index (χ3v) is 5.53. The van der Waals surface area contributed by atoms with Crippen LogP contribution in [0.2, 0.25) is 10.0 Å². The number of aliphatic carboxylic acids is 1. The molecule has 1 aliphatic rings. The average Bonchev–Trinajstić information content (AvgIpc) is 3.14. The maximum absolute atomic E-state index is 11.8. The molecule has 28 heavy (non-hydrogen) atoms. The van der Waals surface area contributed by atoms with Gasteiger partial charge in [-0.2, -0.15) is 0 Å². The van der Waals surface area contributed by atoms with Crippen LogP contribution in [0.3, 0.4) is 0 Å². The van der Waals surface area contributed by atoms with E-state index in [0.717, 1.165) is 17.5 Å². The number of carbonyl (C=O) groups is 1. The van der Waals surface area contributed by atoms with Crippen LogP contribution in [0.25, 0.3) is 0 Å². The maximum Gasteiger partial charge on any atom is 0.320 e. The van der Waals surface area contributed by atoms with E-state index in [2.05, 4.69) is 0 Å². The summed E-state index contributed by atoms with van der Waals surface area (Å²) in [5, 5.41) is 10.8. The number of hydrogen-bond acceptors (Lipinski definition) is 4. The van der Waals surface area contributed by atoms with Gasteiger partial charge in [0.25, 0.3) is 0 Å². The lowest BCUT2D eigenvalue weighted by Gasteiger charge is -2.33. The molecule has 0 aliphatic carbocycles. The highest BCUT2D eigenvalue weighted by Crippen LogP contribution is 2.41. The molecule has 3 rings (SSSR count). The van der Waals surface area contributed by atoms with Crippen LogP contribution in [0.1, 0.15) is 36.9 Å². The summed E-state index contributed by atoms with van der Waals surface area (Å²) in [6.45, 7) is 3.06. The van der Waals surface area contributed by atoms with Gasteiger partial charge in [0.2, 0.25) is 0 Å². The molecule has 1 N–H and O–H groups in total. The number of methoxy groups -OCH3 is 1. The SMILES string of the molecule is CCOc1cc(C(c2ccc(Cl)cc2Cl)N2CCCC2C(=O)O)ccc1OC. The standard InChI is InChI=1S/C21H23Cl2NO4/c1-3-28-19-11-13(6-9-18(19)27-2)20(15-8-7-14(22)12-16(15)23)24-10-4-5-17(24)21(25)26/h6-9,11-12,17,20H,3-5,10H2,1-2H3,(H,25,26). The zero-order chi connectivity index (χ0) is 20.3. The van der Waals surface area contributed by atoms with Crippen molar-refractivity contribution in [3.63, 3.8) is 0 Å². The second-order valence-electron chi connectivity index (χ2n) is 6.65. The van der Waals surface area contributed by atoms with Gasteiger partial charge in [-0.05, 0) is 55.2 Å². The molecule has 0 aromatic heterocycles. The number of carboxylic acids is 1.